The maximum absolute atomic E-state index is 13.9. The number of allylic oxidation sites excluding steroid dienone is 5. The van der Waals surface area contributed by atoms with Crippen LogP contribution in [0.25, 0.3) is 22.4 Å². The highest BCUT2D eigenvalue weighted by Crippen LogP contribution is 2.42. The van der Waals surface area contributed by atoms with Gasteiger partial charge in [0.05, 0.1) is 11.3 Å². The Morgan fingerprint density at radius 2 is 1.75 bits per heavy atom. The molecular weight excluding hydrogens is 447 g/mol. The lowest BCUT2D eigenvalue weighted by molar-refractivity contribution is 0.0965. The predicted molar refractivity (Wildman–Crippen MR) is 149 cm³/mol. The Kier molecular flexibility index (Phi) is 9.63. The number of halogens is 1. The average Bonchev–Trinajstić information content (AvgIpc) is 3.22. The van der Waals surface area contributed by atoms with Crippen molar-refractivity contribution in [3.05, 3.63) is 108 Å². The second-order valence-electron chi connectivity index (χ2n) is 9.28. The van der Waals surface area contributed by atoms with Gasteiger partial charge in [0.25, 0.3) is 5.91 Å². The maximum Gasteiger partial charge on any atom is 0.257 e. The van der Waals surface area contributed by atoms with Gasteiger partial charge in [0.2, 0.25) is 0 Å². The first-order valence-electron chi connectivity index (χ1n) is 12.7. The number of carbonyl (C=O) groups is 1. The SMILES string of the molecule is C=CCCCCn1c(-c2ccc(F)cc2)c(-c2ccccc2)c(C(=O)N/C(C)=C/C=C\C)c1C(C)C. The van der Waals surface area contributed by atoms with Crippen LogP contribution in [0.1, 0.15) is 68.9 Å². The highest BCUT2D eigenvalue weighted by Gasteiger charge is 2.30. The van der Waals surface area contributed by atoms with Gasteiger partial charge in [0.1, 0.15) is 5.82 Å². The summed E-state index contributed by atoms with van der Waals surface area (Å²) in [6, 6.07) is 16.6. The Morgan fingerprint density at radius 1 is 1.06 bits per heavy atom. The van der Waals surface area contributed by atoms with Crippen LogP contribution in [0, 0.1) is 5.82 Å². The molecule has 3 rings (SSSR count). The van der Waals surface area contributed by atoms with E-state index in [0.29, 0.717) is 5.56 Å². The number of unbranched alkanes of at least 4 members (excludes halogenated alkanes) is 2. The largest absolute Gasteiger partial charge is 0.343 e. The lowest BCUT2D eigenvalue weighted by Crippen LogP contribution is -2.23. The van der Waals surface area contributed by atoms with Crippen molar-refractivity contribution in [1.29, 1.82) is 0 Å². The van der Waals surface area contributed by atoms with Gasteiger partial charge >= 0.3 is 0 Å². The average molecular weight is 485 g/mol. The highest BCUT2D eigenvalue weighted by atomic mass is 19.1. The van der Waals surface area contributed by atoms with E-state index in [9.17, 15) is 9.18 Å². The molecule has 1 N–H and O–H groups in total. The van der Waals surface area contributed by atoms with E-state index in [1.165, 1.54) is 12.1 Å². The third-order valence-electron chi connectivity index (χ3n) is 6.15. The standard InChI is InChI=1S/C32H37FN2O/c1-6-8-10-14-22-35-30(23(3)4)29(32(36)34-24(5)15-9-7-2)28(25-16-12-11-13-17-25)31(35)26-18-20-27(33)21-19-26/h6-7,9,11-13,15-21,23H,1,8,10,14,22H2,2-5H3,(H,34,36)/b9-7-,24-15+. The molecule has 2 aromatic carbocycles. The number of rotatable bonds is 11. The molecule has 0 unspecified atom stereocenters. The zero-order valence-electron chi connectivity index (χ0n) is 21.9. The number of aromatic nitrogens is 1. The third kappa shape index (κ3) is 6.31. The molecule has 1 amide bonds. The summed E-state index contributed by atoms with van der Waals surface area (Å²) >= 11 is 0. The van der Waals surface area contributed by atoms with Crippen LogP contribution < -0.4 is 5.32 Å². The van der Waals surface area contributed by atoms with Crippen LogP contribution in [0.3, 0.4) is 0 Å². The van der Waals surface area contributed by atoms with E-state index in [4.69, 9.17) is 0 Å². The first-order chi connectivity index (χ1) is 17.4. The first-order valence-corrected chi connectivity index (χ1v) is 12.7. The molecule has 0 saturated heterocycles. The quantitative estimate of drug-likeness (QED) is 0.165. The number of amides is 1. The number of hydrogen-bond donors (Lipinski definition) is 1. The molecule has 0 aliphatic heterocycles. The molecule has 1 aromatic heterocycles. The highest BCUT2D eigenvalue weighted by molar-refractivity contribution is 6.07. The van der Waals surface area contributed by atoms with E-state index in [-0.39, 0.29) is 17.6 Å². The molecule has 188 valence electrons. The van der Waals surface area contributed by atoms with Crippen LogP contribution in [0.15, 0.2) is 91.2 Å². The van der Waals surface area contributed by atoms with Crippen LogP contribution in [-0.4, -0.2) is 10.5 Å². The molecule has 3 nitrogen and oxygen atoms in total. The molecule has 0 bridgehead atoms. The molecule has 3 aromatic rings. The fraction of sp³-hybridized carbons (Fsp3) is 0.281. The third-order valence-corrected chi connectivity index (χ3v) is 6.15. The van der Waals surface area contributed by atoms with E-state index in [1.54, 1.807) is 12.1 Å². The van der Waals surface area contributed by atoms with Crippen molar-refractivity contribution >= 4 is 5.91 Å². The van der Waals surface area contributed by atoms with Gasteiger partial charge in [-0.15, -0.1) is 6.58 Å². The molecule has 1 heterocycles. The van der Waals surface area contributed by atoms with Gasteiger partial charge < -0.3 is 9.88 Å². The minimum Gasteiger partial charge on any atom is -0.343 e. The van der Waals surface area contributed by atoms with Crippen molar-refractivity contribution in [2.75, 3.05) is 0 Å². The van der Waals surface area contributed by atoms with Crippen LogP contribution in [0.4, 0.5) is 4.39 Å². The van der Waals surface area contributed by atoms with Crippen molar-refractivity contribution in [2.45, 2.75) is 59.4 Å². The summed E-state index contributed by atoms with van der Waals surface area (Å²) in [4.78, 5) is 13.9. The molecule has 0 aliphatic rings. The van der Waals surface area contributed by atoms with E-state index < -0.39 is 0 Å². The molecule has 0 atom stereocenters. The second-order valence-corrected chi connectivity index (χ2v) is 9.28. The summed E-state index contributed by atoms with van der Waals surface area (Å²) in [5.74, 6) is -0.318. The fourth-order valence-electron chi connectivity index (χ4n) is 4.58. The van der Waals surface area contributed by atoms with E-state index in [0.717, 1.165) is 59.6 Å². The Labute approximate surface area is 215 Å². The van der Waals surface area contributed by atoms with E-state index in [1.807, 2.05) is 68.5 Å². The monoisotopic (exact) mass is 484 g/mol. The molecule has 36 heavy (non-hydrogen) atoms. The molecule has 0 radical (unpaired) electrons. The van der Waals surface area contributed by atoms with Gasteiger partial charge in [0, 0.05) is 23.5 Å². The number of nitrogens with zero attached hydrogens (tertiary/aromatic N) is 1. The smallest absolute Gasteiger partial charge is 0.257 e. The van der Waals surface area contributed by atoms with Gasteiger partial charge in [-0.3, -0.25) is 4.79 Å². The molecule has 0 spiro atoms. The lowest BCUT2D eigenvalue weighted by Gasteiger charge is -2.17. The Balaban J connectivity index is 2.34. The zero-order chi connectivity index (χ0) is 26.1. The Morgan fingerprint density at radius 3 is 2.36 bits per heavy atom. The van der Waals surface area contributed by atoms with Crippen LogP contribution in [-0.2, 0) is 6.54 Å². The van der Waals surface area contributed by atoms with Crippen LogP contribution in [0.2, 0.25) is 0 Å². The van der Waals surface area contributed by atoms with Crippen molar-refractivity contribution in [1.82, 2.24) is 9.88 Å². The van der Waals surface area contributed by atoms with Crippen LogP contribution in [0.5, 0.6) is 0 Å². The van der Waals surface area contributed by atoms with Crippen molar-refractivity contribution < 1.29 is 9.18 Å². The summed E-state index contributed by atoms with van der Waals surface area (Å²) in [7, 11) is 0. The summed E-state index contributed by atoms with van der Waals surface area (Å²) < 4.78 is 16.2. The molecular formula is C32H37FN2O. The molecule has 4 heteroatoms. The maximum atomic E-state index is 13.9. The predicted octanol–water partition coefficient (Wildman–Crippen LogP) is 8.65. The van der Waals surface area contributed by atoms with Gasteiger partial charge in [-0.05, 0) is 80.5 Å². The fourth-order valence-corrected chi connectivity index (χ4v) is 4.58. The minimum atomic E-state index is -0.282. The van der Waals surface area contributed by atoms with Gasteiger partial charge in [-0.2, -0.15) is 0 Å². The normalized spacial score (nSPS) is 11.9. The second kappa shape index (κ2) is 12.9. The van der Waals surface area contributed by atoms with Crippen LogP contribution >= 0.6 is 0 Å². The minimum absolute atomic E-state index is 0.0987. The molecule has 0 aliphatic carbocycles. The van der Waals surface area contributed by atoms with Crippen molar-refractivity contribution in [3.8, 4) is 22.4 Å². The Hall–Kier alpha value is -3.66. The van der Waals surface area contributed by atoms with Crippen molar-refractivity contribution in [2.24, 2.45) is 0 Å². The summed E-state index contributed by atoms with van der Waals surface area (Å²) in [5, 5.41) is 3.10. The van der Waals surface area contributed by atoms with E-state index in [2.05, 4.69) is 30.3 Å². The van der Waals surface area contributed by atoms with Gasteiger partial charge in [0.15, 0.2) is 0 Å². The Bertz CT molecular complexity index is 1230. The van der Waals surface area contributed by atoms with Gasteiger partial charge in [-0.25, -0.2) is 4.39 Å². The van der Waals surface area contributed by atoms with E-state index >= 15 is 0 Å². The number of hydrogen-bond acceptors (Lipinski definition) is 1. The van der Waals surface area contributed by atoms with Gasteiger partial charge in [-0.1, -0.05) is 62.4 Å². The zero-order valence-corrected chi connectivity index (χ0v) is 21.9. The summed E-state index contributed by atoms with van der Waals surface area (Å²) in [6.45, 7) is 12.7. The summed E-state index contributed by atoms with van der Waals surface area (Å²) in [6.07, 6.45) is 10.6. The van der Waals surface area contributed by atoms with Crippen molar-refractivity contribution in [3.63, 3.8) is 0 Å². The molecule has 0 fully saturated rings. The topological polar surface area (TPSA) is 34.0 Å². The number of carbonyl (C=O) groups excluding carboxylic acids is 1. The number of nitrogens with one attached hydrogen (secondary N) is 1. The number of benzene rings is 2. The summed E-state index contributed by atoms with van der Waals surface area (Å²) in [5.41, 5.74) is 6.11. The first kappa shape index (κ1) is 26.9. The molecule has 0 saturated carbocycles. The lowest BCUT2D eigenvalue weighted by atomic mass is 9.94.